The van der Waals surface area contributed by atoms with Crippen LogP contribution in [0.4, 0.5) is 0 Å². The zero-order valence-corrected chi connectivity index (χ0v) is 16.4. The summed E-state index contributed by atoms with van der Waals surface area (Å²) in [6, 6.07) is 0. The number of aliphatic hydroxyl groups is 3. The number of rotatable bonds is 4. The molecular weight excluding hydrogens is 344 g/mol. The number of ether oxygens (including phenoxy) is 1. The van der Waals surface area contributed by atoms with Gasteiger partial charge in [-0.3, -0.25) is 4.79 Å². The molecule has 0 aromatic rings. The molecule has 0 spiro atoms. The van der Waals surface area contributed by atoms with Gasteiger partial charge in [-0.15, -0.1) is 0 Å². The van der Waals surface area contributed by atoms with Gasteiger partial charge in [0.2, 0.25) is 0 Å². The summed E-state index contributed by atoms with van der Waals surface area (Å²) < 4.78 is 5.82. The van der Waals surface area contributed by atoms with Crippen molar-refractivity contribution in [1.29, 1.82) is 0 Å². The Morgan fingerprint density at radius 1 is 1.30 bits per heavy atom. The van der Waals surface area contributed by atoms with Crippen LogP contribution in [0.3, 0.4) is 0 Å². The zero-order chi connectivity index (χ0) is 19.6. The van der Waals surface area contributed by atoms with Crippen molar-refractivity contribution in [2.45, 2.75) is 70.2 Å². The van der Waals surface area contributed by atoms with Gasteiger partial charge in [0, 0.05) is 6.61 Å². The van der Waals surface area contributed by atoms with E-state index in [9.17, 15) is 20.1 Å². The van der Waals surface area contributed by atoms with Crippen molar-refractivity contribution in [3.63, 3.8) is 0 Å². The highest BCUT2D eigenvalue weighted by molar-refractivity contribution is 6.02. The molecule has 1 saturated heterocycles. The van der Waals surface area contributed by atoms with Crippen molar-refractivity contribution >= 4 is 5.78 Å². The molecule has 3 aliphatic carbocycles. The van der Waals surface area contributed by atoms with E-state index in [0.717, 1.165) is 32.1 Å². The van der Waals surface area contributed by atoms with Crippen molar-refractivity contribution < 1.29 is 24.9 Å². The van der Waals surface area contributed by atoms with Crippen LogP contribution in [0.25, 0.3) is 0 Å². The fourth-order valence-corrected chi connectivity index (χ4v) is 6.64. The van der Waals surface area contributed by atoms with Crippen LogP contribution in [0, 0.1) is 22.7 Å². The summed E-state index contributed by atoms with van der Waals surface area (Å²) in [6.45, 7) is 8.71. The van der Waals surface area contributed by atoms with Crippen LogP contribution in [0.1, 0.15) is 52.4 Å². The molecule has 5 nitrogen and oxygen atoms in total. The third-order valence-electron chi connectivity index (χ3n) is 8.33. The Kier molecular flexibility index (Phi) is 4.47. The maximum Gasteiger partial charge on any atom is 0.190 e. The van der Waals surface area contributed by atoms with Crippen molar-refractivity contribution in [3.05, 3.63) is 23.8 Å². The molecule has 0 bridgehead atoms. The fraction of sp³-hybridized carbons (Fsp3) is 0.773. The molecule has 2 saturated carbocycles. The molecule has 1 aliphatic heterocycles. The van der Waals surface area contributed by atoms with Crippen LogP contribution in [0.2, 0.25) is 0 Å². The normalized spacial score (nSPS) is 49.3. The van der Waals surface area contributed by atoms with Gasteiger partial charge in [0.15, 0.2) is 11.4 Å². The molecule has 0 aromatic carbocycles. The number of carbonyl (C=O) groups excluding carboxylic acids is 1. The Balaban J connectivity index is 1.65. The Morgan fingerprint density at radius 2 is 2.04 bits per heavy atom. The lowest BCUT2D eigenvalue weighted by atomic mass is 9.46. The minimum Gasteiger partial charge on any atom is -0.396 e. The highest BCUT2D eigenvalue weighted by Gasteiger charge is 2.69. The van der Waals surface area contributed by atoms with Gasteiger partial charge in [-0.25, -0.2) is 0 Å². The van der Waals surface area contributed by atoms with Crippen LogP contribution in [0.5, 0.6) is 0 Å². The summed E-state index contributed by atoms with van der Waals surface area (Å²) in [7, 11) is 0. The number of fused-ring (bicyclic) bond motifs is 2. The lowest BCUT2D eigenvalue weighted by Gasteiger charge is -2.58. The van der Waals surface area contributed by atoms with E-state index in [0.29, 0.717) is 17.9 Å². The summed E-state index contributed by atoms with van der Waals surface area (Å²) in [5.41, 5.74) is 0.425. The van der Waals surface area contributed by atoms with Gasteiger partial charge in [0.25, 0.3) is 0 Å². The van der Waals surface area contributed by atoms with Gasteiger partial charge in [-0.05, 0) is 66.4 Å². The summed E-state index contributed by atoms with van der Waals surface area (Å²) >= 11 is 0. The molecule has 0 amide bonds. The molecule has 27 heavy (non-hydrogen) atoms. The van der Waals surface area contributed by atoms with Crippen LogP contribution in [-0.4, -0.2) is 52.1 Å². The SMILES string of the molecule is C=C1CC[C@H]2[C@](C)(CO)CCC[C@]2(C)[C@H]1C[C@@]12O[C@@H]1[C@@H](O)C(CO)=CC2=O. The van der Waals surface area contributed by atoms with E-state index in [1.165, 1.54) is 11.6 Å². The van der Waals surface area contributed by atoms with E-state index < -0.39 is 17.8 Å². The molecule has 1 heterocycles. The molecule has 0 unspecified atom stereocenters. The standard InChI is InChI=1S/C22H32O5/c1-13-5-6-16-20(2,12-24)7-4-8-21(16,3)15(13)10-22-17(25)9-14(11-23)18(26)19(22)27-22/h9,15-16,18-19,23-24,26H,1,4-8,10-12H2,2-3H3/t15-,16-,18-,19+,20-,21+,22-/m0/s1. The summed E-state index contributed by atoms with van der Waals surface area (Å²) in [6.07, 6.45) is 5.55. The first-order chi connectivity index (χ1) is 12.7. The molecule has 4 aliphatic rings. The van der Waals surface area contributed by atoms with Crippen molar-refractivity contribution in [3.8, 4) is 0 Å². The van der Waals surface area contributed by atoms with Crippen LogP contribution in [0.15, 0.2) is 23.8 Å². The second-order valence-corrected chi connectivity index (χ2v) is 9.79. The number of aliphatic hydroxyl groups excluding tert-OH is 3. The van der Waals surface area contributed by atoms with Crippen molar-refractivity contribution in [2.75, 3.05) is 13.2 Å². The molecular formula is C22H32O5. The van der Waals surface area contributed by atoms with Gasteiger partial charge in [-0.1, -0.05) is 32.4 Å². The molecule has 0 radical (unpaired) electrons. The van der Waals surface area contributed by atoms with E-state index in [1.807, 2.05) is 0 Å². The van der Waals surface area contributed by atoms with Gasteiger partial charge < -0.3 is 20.1 Å². The first kappa shape index (κ1) is 19.3. The summed E-state index contributed by atoms with van der Waals surface area (Å²) in [5.74, 6) is 0.383. The highest BCUT2D eigenvalue weighted by Crippen LogP contribution is 2.64. The molecule has 7 atom stereocenters. The maximum atomic E-state index is 12.8. The van der Waals surface area contributed by atoms with E-state index in [1.54, 1.807) is 0 Å². The number of hydrogen-bond donors (Lipinski definition) is 3. The first-order valence-corrected chi connectivity index (χ1v) is 10.2. The molecule has 150 valence electrons. The van der Waals surface area contributed by atoms with Gasteiger partial charge in [-0.2, -0.15) is 0 Å². The van der Waals surface area contributed by atoms with Crippen LogP contribution in [-0.2, 0) is 9.53 Å². The average molecular weight is 376 g/mol. The largest absolute Gasteiger partial charge is 0.396 e. The van der Waals surface area contributed by atoms with Crippen LogP contribution < -0.4 is 0 Å². The zero-order valence-electron chi connectivity index (χ0n) is 16.4. The Bertz CT molecular complexity index is 699. The minimum absolute atomic E-state index is 0.0253. The second-order valence-electron chi connectivity index (χ2n) is 9.79. The number of allylic oxidation sites excluding steroid dienone is 1. The molecule has 3 N–H and O–H groups in total. The molecule has 0 aromatic heterocycles. The van der Waals surface area contributed by atoms with Crippen molar-refractivity contribution in [1.82, 2.24) is 0 Å². The molecule has 5 heteroatoms. The molecule has 4 rings (SSSR count). The Labute approximate surface area is 161 Å². The summed E-state index contributed by atoms with van der Waals surface area (Å²) in [5, 5.41) is 29.9. The smallest absolute Gasteiger partial charge is 0.190 e. The molecule has 3 fully saturated rings. The Hall–Kier alpha value is -1.01. The average Bonchev–Trinajstić information content (AvgIpc) is 3.38. The van der Waals surface area contributed by atoms with E-state index >= 15 is 0 Å². The topological polar surface area (TPSA) is 90.3 Å². The van der Waals surface area contributed by atoms with E-state index in [-0.39, 0.29) is 35.7 Å². The first-order valence-electron chi connectivity index (χ1n) is 10.2. The van der Waals surface area contributed by atoms with Gasteiger partial charge in [0.1, 0.15) is 12.2 Å². The monoisotopic (exact) mass is 376 g/mol. The third kappa shape index (κ3) is 2.62. The van der Waals surface area contributed by atoms with E-state index in [4.69, 9.17) is 4.74 Å². The van der Waals surface area contributed by atoms with Gasteiger partial charge >= 0.3 is 0 Å². The second kappa shape index (κ2) is 6.24. The van der Waals surface area contributed by atoms with Crippen molar-refractivity contribution in [2.24, 2.45) is 22.7 Å². The lowest BCUT2D eigenvalue weighted by Crippen LogP contribution is -2.53. The Morgan fingerprint density at radius 3 is 2.70 bits per heavy atom. The number of carbonyl (C=O) groups is 1. The van der Waals surface area contributed by atoms with Gasteiger partial charge in [0.05, 0.1) is 6.61 Å². The number of ketones is 1. The van der Waals surface area contributed by atoms with Crippen LogP contribution >= 0.6 is 0 Å². The predicted octanol–water partition coefficient (Wildman–Crippen LogP) is 2.15. The highest BCUT2D eigenvalue weighted by atomic mass is 16.6. The third-order valence-corrected chi connectivity index (χ3v) is 8.33. The predicted molar refractivity (Wildman–Crippen MR) is 101 cm³/mol. The quantitative estimate of drug-likeness (QED) is 0.517. The minimum atomic E-state index is -0.969. The number of hydrogen-bond acceptors (Lipinski definition) is 5. The summed E-state index contributed by atoms with van der Waals surface area (Å²) in [4.78, 5) is 12.8. The van der Waals surface area contributed by atoms with E-state index in [2.05, 4.69) is 20.4 Å². The maximum absolute atomic E-state index is 12.8. The fourth-order valence-electron chi connectivity index (χ4n) is 6.64. The number of epoxide rings is 1. The lowest BCUT2D eigenvalue weighted by molar-refractivity contribution is -0.123.